The Morgan fingerprint density at radius 3 is 2.62 bits per heavy atom. The number of nitrogens with zero attached hydrogens (tertiary/aromatic N) is 1. The first kappa shape index (κ1) is 5.98. The van der Waals surface area contributed by atoms with Gasteiger partial charge in [0.2, 0.25) is 0 Å². The first-order valence-corrected chi connectivity index (χ1v) is 3.66. The fourth-order valence-electron chi connectivity index (χ4n) is 0.714. The predicted molar refractivity (Wildman–Crippen MR) is 34.5 cm³/mol. The van der Waals surface area contributed by atoms with Gasteiger partial charge in [-0.15, -0.1) is 0 Å². The lowest BCUT2D eigenvalue weighted by Gasteiger charge is -2.02. The minimum atomic E-state index is -0.826. The summed E-state index contributed by atoms with van der Waals surface area (Å²) >= 11 is 0. The van der Waals surface area contributed by atoms with Crippen LogP contribution in [0.2, 0.25) is 0 Å². The van der Waals surface area contributed by atoms with Gasteiger partial charge in [-0.1, -0.05) is 0 Å². The molecule has 3 heteroatoms. The maximum atomic E-state index is 10.7. The number of rotatable bonds is 0. The molecule has 0 aromatic heterocycles. The van der Waals surface area contributed by atoms with E-state index in [9.17, 15) is 4.21 Å². The minimum absolute atomic E-state index is 0.826. The van der Waals surface area contributed by atoms with Crippen molar-refractivity contribution in [2.45, 2.75) is 6.92 Å². The van der Waals surface area contributed by atoms with Crippen molar-refractivity contribution >= 4 is 11.0 Å². The molecule has 0 fully saturated rings. The molecule has 0 saturated carbocycles. The SMILES string of the molecule is CC1=CS(=O)N(C)C1. The van der Waals surface area contributed by atoms with E-state index < -0.39 is 11.0 Å². The molecule has 0 aromatic carbocycles. The first-order chi connectivity index (χ1) is 3.70. The highest BCUT2D eigenvalue weighted by atomic mass is 32.2. The summed E-state index contributed by atoms with van der Waals surface area (Å²) in [7, 11) is 1.02. The summed E-state index contributed by atoms with van der Waals surface area (Å²) in [4.78, 5) is 0. The maximum Gasteiger partial charge on any atom is 0.120 e. The molecule has 1 aliphatic heterocycles. The lowest BCUT2D eigenvalue weighted by Crippen LogP contribution is -2.14. The van der Waals surface area contributed by atoms with E-state index in [-0.39, 0.29) is 0 Å². The Balaban J connectivity index is 2.70. The van der Waals surface area contributed by atoms with Crippen LogP contribution in [0.25, 0.3) is 0 Å². The third-order valence-electron chi connectivity index (χ3n) is 1.08. The Morgan fingerprint density at radius 1 is 1.88 bits per heavy atom. The van der Waals surface area contributed by atoms with Crippen LogP contribution in [0.1, 0.15) is 6.92 Å². The van der Waals surface area contributed by atoms with E-state index >= 15 is 0 Å². The van der Waals surface area contributed by atoms with Gasteiger partial charge in [0.1, 0.15) is 11.0 Å². The van der Waals surface area contributed by atoms with Crippen LogP contribution in [-0.4, -0.2) is 22.1 Å². The van der Waals surface area contributed by atoms with Crippen molar-refractivity contribution in [1.82, 2.24) is 4.31 Å². The van der Waals surface area contributed by atoms with Gasteiger partial charge in [0, 0.05) is 19.0 Å². The molecule has 8 heavy (non-hydrogen) atoms. The Bertz CT molecular complexity index is 153. The standard InChI is InChI=1S/C5H9NOS/c1-5-3-6(2)8(7)4-5/h4H,3H2,1-2H3. The summed E-state index contributed by atoms with van der Waals surface area (Å²) in [5, 5.41) is 1.78. The molecule has 0 amide bonds. The molecule has 1 unspecified atom stereocenters. The highest BCUT2D eigenvalue weighted by Gasteiger charge is 2.12. The third kappa shape index (κ3) is 0.980. The highest BCUT2D eigenvalue weighted by molar-refractivity contribution is 7.85. The summed E-state index contributed by atoms with van der Waals surface area (Å²) < 4.78 is 12.5. The van der Waals surface area contributed by atoms with Gasteiger partial charge in [-0.25, -0.2) is 8.51 Å². The van der Waals surface area contributed by atoms with Crippen molar-refractivity contribution in [3.63, 3.8) is 0 Å². The van der Waals surface area contributed by atoms with Gasteiger partial charge in [-0.05, 0) is 12.5 Å². The molecule has 46 valence electrons. The second-order valence-electron chi connectivity index (χ2n) is 2.03. The molecule has 1 heterocycles. The van der Waals surface area contributed by atoms with Crippen molar-refractivity contribution in [2.75, 3.05) is 13.6 Å². The highest BCUT2D eigenvalue weighted by Crippen LogP contribution is 2.09. The van der Waals surface area contributed by atoms with Gasteiger partial charge in [-0.3, -0.25) is 0 Å². The molecule has 0 N–H and O–H groups in total. The second-order valence-corrected chi connectivity index (χ2v) is 3.44. The first-order valence-electron chi connectivity index (χ1n) is 2.49. The molecule has 1 aliphatic rings. The van der Waals surface area contributed by atoms with Crippen molar-refractivity contribution in [3.8, 4) is 0 Å². The second kappa shape index (κ2) is 1.99. The van der Waals surface area contributed by atoms with Gasteiger partial charge in [0.05, 0.1) is 0 Å². The van der Waals surface area contributed by atoms with Gasteiger partial charge in [0.25, 0.3) is 0 Å². The number of hydrogen-bond acceptors (Lipinski definition) is 1. The van der Waals surface area contributed by atoms with E-state index in [2.05, 4.69) is 0 Å². The van der Waals surface area contributed by atoms with E-state index in [1.54, 1.807) is 9.71 Å². The van der Waals surface area contributed by atoms with Gasteiger partial charge < -0.3 is 0 Å². The summed E-state index contributed by atoms with van der Waals surface area (Å²) in [5.74, 6) is 0. The molecule has 2 nitrogen and oxygen atoms in total. The Labute approximate surface area is 51.8 Å². The van der Waals surface area contributed by atoms with Crippen LogP contribution in [0.15, 0.2) is 11.0 Å². The fourth-order valence-corrected chi connectivity index (χ4v) is 1.64. The monoisotopic (exact) mass is 131 g/mol. The topological polar surface area (TPSA) is 20.3 Å². The lowest BCUT2D eigenvalue weighted by molar-refractivity contribution is 0.578. The van der Waals surface area contributed by atoms with Crippen molar-refractivity contribution in [1.29, 1.82) is 0 Å². The van der Waals surface area contributed by atoms with Crippen molar-refractivity contribution in [3.05, 3.63) is 11.0 Å². The average Bonchev–Trinajstić information content (AvgIpc) is 1.85. The quantitative estimate of drug-likeness (QED) is 0.469. The van der Waals surface area contributed by atoms with Crippen LogP contribution in [0, 0.1) is 0 Å². The van der Waals surface area contributed by atoms with Crippen LogP contribution in [0.5, 0.6) is 0 Å². The number of hydrogen-bond donors (Lipinski definition) is 0. The van der Waals surface area contributed by atoms with Crippen molar-refractivity contribution in [2.24, 2.45) is 0 Å². The van der Waals surface area contributed by atoms with Crippen molar-refractivity contribution < 1.29 is 4.21 Å². The summed E-state index contributed by atoms with van der Waals surface area (Å²) in [6.45, 7) is 2.84. The largest absolute Gasteiger partial charge is 0.238 e. The van der Waals surface area contributed by atoms with E-state index in [0.29, 0.717) is 0 Å². The molecule has 0 saturated heterocycles. The molecule has 0 spiro atoms. The molecule has 0 radical (unpaired) electrons. The van der Waals surface area contributed by atoms with E-state index in [1.807, 2.05) is 14.0 Å². The molecule has 0 aromatic rings. The van der Waals surface area contributed by atoms with E-state index in [1.165, 1.54) is 5.57 Å². The molecule has 0 bridgehead atoms. The summed E-state index contributed by atoms with van der Waals surface area (Å²) in [6.07, 6.45) is 0. The van der Waals surface area contributed by atoms with Crippen LogP contribution < -0.4 is 0 Å². The maximum absolute atomic E-state index is 10.7. The van der Waals surface area contributed by atoms with Crippen LogP contribution >= 0.6 is 0 Å². The lowest BCUT2D eigenvalue weighted by atomic mass is 10.4. The Kier molecular flexibility index (Phi) is 1.49. The average molecular weight is 131 g/mol. The Morgan fingerprint density at radius 2 is 2.50 bits per heavy atom. The molecule has 1 rings (SSSR count). The fraction of sp³-hybridized carbons (Fsp3) is 0.600. The smallest absolute Gasteiger partial charge is 0.120 e. The summed E-state index contributed by atoms with van der Waals surface area (Å²) in [6, 6.07) is 0. The number of likely N-dealkylation sites (N-methyl/N-ethyl adjacent to an activating group) is 1. The summed E-state index contributed by atoms with van der Waals surface area (Å²) in [5.41, 5.74) is 1.20. The molecule has 1 atom stereocenters. The van der Waals surface area contributed by atoms with Crippen LogP contribution in [-0.2, 0) is 11.0 Å². The third-order valence-corrected chi connectivity index (χ3v) is 2.43. The molecule has 0 aliphatic carbocycles. The van der Waals surface area contributed by atoms with Gasteiger partial charge >= 0.3 is 0 Å². The van der Waals surface area contributed by atoms with Crippen LogP contribution in [0.4, 0.5) is 0 Å². The minimum Gasteiger partial charge on any atom is -0.238 e. The van der Waals surface area contributed by atoms with Crippen LogP contribution in [0.3, 0.4) is 0 Å². The zero-order chi connectivity index (χ0) is 6.15. The van der Waals surface area contributed by atoms with E-state index in [0.717, 1.165) is 6.54 Å². The van der Waals surface area contributed by atoms with Gasteiger partial charge in [0.15, 0.2) is 0 Å². The predicted octanol–water partition coefficient (Wildman–Crippen LogP) is 0.499. The molecular weight excluding hydrogens is 122 g/mol. The molecular formula is C5H9NOS. The zero-order valence-corrected chi connectivity index (χ0v) is 5.86. The van der Waals surface area contributed by atoms with Gasteiger partial charge in [-0.2, -0.15) is 0 Å². The Hall–Kier alpha value is -0.150. The van der Waals surface area contributed by atoms with E-state index in [4.69, 9.17) is 0 Å². The normalized spacial score (nSPS) is 30.8. The zero-order valence-electron chi connectivity index (χ0n) is 5.05.